The van der Waals surface area contributed by atoms with Gasteiger partial charge in [0.1, 0.15) is 22.7 Å². The van der Waals surface area contributed by atoms with Crippen LogP contribution in [-0.4, -0.2) is 29.1 Å². The van der Waals surface area contributed by atoms with E-state index >= 15 is 0 Å². The van der Waals surface area contributed by atoms with Crippen molar-refractivity contribution < 1.29 is 4.18 Å². The van der Waals surface area contributed by atoms with Crippen molar-refractivity contribution in [1.29, 1.82) is 0 Å². The molecule has 1 aromatic heterocycles. The summed E-state index contributed by atoms with van der Waals surface area (Å²) in [7, 11) is 0. The van der Waals surface area contributed by atoms with Crippen LogP contribution in [0.25, 0.3) is 0 Å². The van der Waals surface area contributed by atoms with E-state index in [9.17, 15) is 0 Å². The van der Waals surface area contributed by atoms with E-state index in [1.54, 1.807) is 12.4 Å². The fourth-order valence-corrected chi connectivity index (χ4v) is 6.14. The Kier molecular flexibility index (Phi) is 6.27. The van der Waals surface area contributed by atoms with Crippen LogP contribution >= 0.6 is 23.2 Å². The Labute approximate surface area is 164 Å². The molecule has 0 aromatic carbocycles. The maximum atomic E-state index is 6.41. The van der Waals surface area contributed by atoms with Gasteiger partial charge in [0, 0.05) is 30.5 Å². The summed E-state index contributed by atoms with van der Waals surface area (Å²) in [5, 5.41) is 4.91. The quantitative estimate of drug-likeness (QED) is 0.616. The Morgan fingerprint density at radius 1 is 1.20 bits per heavy atom. The zero-order valence-corrected chi connectivity index (χ0v) is 17.8. The van der Waals surface area contributed by atoms with Crippen molar-refractivity contribution in [2.24, 2.45) is 17.3 Å². The maximum absolute atomic E-state index is 6.41. The fourth-order valence-electron chi connectivity index (χ4n) is 4.36. The van der Waals surface area contributed by atoms with E-state index < -0.39 is 0 Å². The molecule has 2 aliphatic carbocycles. The Balaban J connectivity index is 1.67. The molecule has 4 atom stereocenters. The molecule has 2 saturated carbocycles. The van der Waals surface area contributed by atoms with Crippen molar-refractivity contribution in [3.05, 3.63) is 28.0 Å². The Morgan fingerprint density at radius 3 is 2.28 bits per heavy atom. The number of hydrogen-bond donors (Lipinski definition) is 1. The minimum atomic E-state index is -0.129. The monoisotopic (exact) mass is 403 g/mol. The molecular formula is C19H29Cl2N2OS+. The van der Waals surface area contributed by atoms with Crippen molar-refractivity contribution in [1.82, 2.24) is 10.3 Å². The van der Waals surface area contributed by atoms with Gasteiger partial charge in [0.15, 0.2) is 6.10 Å². The lowest BCUT2D eigenvalue weighted by molar-refractivity contribution is 0.221. The number of nitrogens with one attached hydrogen (secondary N) is 1. The average Bonchev–Trinajstić information content (AvgIpc) is 2.92. The van der Waals surface area contributed by atoms with Crippen LogP contribution in [0.3, 0.4) is 0 Å². The number of nitrogens with zero attached hydrogens (tertiary/aromatic N) is 1. The second-order valence-electron chi connectivity index (χ2n) is 7.73. The Morgan fingerprint density at radius 2 is 1.76 bits per heavy atom. The molecule has 0 amide bonds. The fraction of sp³-hybridized carbons (Fsp3) is 0.737. The summed E-state index contributed by atoms with van der Waals surface area (Å²) < 4.78 is 6.40. The van der Waals surface area contributed by atoms with Gasteiger partial charge < -0.3 is 5.32 Å². The van der Waals surface area contributed by atoms with Crippen LogP contribution in [0.5, 0.6) is 0 Å². The molecule has 0 bridgehead atoms. The molecule has 1 N–H and O–H groups in total. The highest BCUT2D eigenvalue weighted by Gasteiger charge is 2.61. The molecule has 0 saturated heterocycles. The molecule has 1 heterocycles. The predicted molar refractivity (Wildman–Crippen MR) is 108 cm³/mol. The molecule has 6 heteroatoms. The normalized spacial score (nSPS) is 28.2. The molecule has 2 fully saturated rings. The van der Waals surface area contributed by atoms with Gasteiger partial charge >= 0.3 is 0 Å². The van der Waals surface area contributed by atoms with Crippen molar-refractivity contribution in [2.45, 2.75) is 52.7 Å². The number of fused-ring (bicyclic) bond motifs is 1. The summed E-state index contributed by atoms with van der Waals surface area (Å²) in [5.74, 6) is 3.79. The van der Waals surface area contributed by atoms with Gasteiger partial charge in [-0.3, -0.25) is 4.98 Å². The predicted octanol–water partition coefficient (Wildman–Crippen LogP) is 5.04. The van der Waals surface area contributed by atoms with E-state index in [0.717, 1.165) is 35.4 Å². The highest BCUT2D eigenvalue weighted by molar-refractivity contribution is 7.92. The summed E-state index contributed by atoms with van der Waals surface area (Å²) in [6.07, 6.45) is 5.73. The Hall–Kier alpha value is -0.0000000000000000555. The van der Waals surface area contributed by atoms with Crippen LogP contribution in [0.4, 0.5) is 0 Å². The van der Waals surface area contributed by atoms with E-state index in [-0.39, 0.29) is 17.3 Å². The molecule has 3 nitrogen and oxygen atoms in total. The summed E-state index contributed by atoms with van der Waals surface area (Å²) in [6.45, 7) is 9.88. The van der Waals surface area contributed by atoms with Crippen molar-refractivity contribution in [3.63, 3.8) is 0 Å². The van der Waals surface area contributed by atoms with Crippen LogP contribution in [0.1, 0.15) is 52.2 Å². The molecular weight excluding hydrogens is 375 g/mol. The molecule has 0 aliphatic heterocycles. The van der Waals surface area contributed by atoms with Crippen LogP contribution in [0, 0.1) is 17.3 Å². The first-order valence-electron chi connectivity index (χ1n) is 9.25. The lowest BCUT2D eigenvalue weighted by Gasteiger charge is -2.23. The van der Waals surface area contributed by atoms with E-state index in [1.165, 1.54) is 12.8 Å². The van der Waals surface area contributed by atoms with Gasteiger partial charge in [0.25, 0.3) is 0 Å². The van der Waals surface area contributed by atoms with E-state index in [1.807, 2.05) is 0 Å². The van der Waals surface area contributed by atoms with Crippen LogP contribution < -0.4 is 5.32 Å². The molecule has 140 valence electrons. The van der Waals surface area contributed by atoms with Crippen molar-refractivity contribution >= 4 is 34.4 Å². The third-order valence-corrected chi connectivity index (χ3v) is 8.46. The first kappa shape index (κ1) is 19.8. The van der Waals surface area contributed by atoms with Gasteiger partial charge in [-0.1, -0.05) is 37.0 Å². The molecule has 2 aliphatic rings. The molecule has 25 heavy (non-hydrogen) atoms. The van der Waals surface area contributed by atoms with Gasteiger partial charge in [-0.25, -0.2) is 0 Å². The van der Waals surface area contributed by atoms with Gasteiger partial charge in [0.2, 0.25) is 0 Å². The van der Waals surface area contributed by atoms with Crippen molar-refractivity contribution in [2.75, 3.05) is 18.1 Å². The summed E-state index contributed by atoms with van der Waals surface area (Å²) in [5.41, 5.74) is 1.43. The summed E-state index contributed by atoms with van der Waals surface area (Å²) in [6, 6.07) is 0.582. The van der Waals surface area contributed by atoms with E-state index in [0.29, 0.717) is 21.5 Å². The minimum absolute atomic E-state index is 0.0769. The van der Waals surface area contributed by atoms with E-state index in [2.05, 4.69) is 38.0 Å². The lowest BCUT2D eigenvalue weighted by atomic mass is 9.97. The third-order valence-electron chi connectivity index (χ3n) is 6.07. The molecule has 3 rings (SSSR count). The van der Waals surface area contributed by atoms with Crippen LogP contribution in [-0.2, 0) is 15.4 Å². The van der Waals surface area contributed by atoms with Crippen molar-refractivity contribution in [3.8, 4) is 0 Å². The van der Waals surface area contributed by atoms with Gasteiger partial charge in [-0.05, 0) is 43.9 Å². The second-order valence-corrected chi connectivity index (χ2v) is 10.8. The SMILES string of the molecule is CC[S+](CC)OC(CNC1C[C@@H]2[C@H](C1)C2(C)C)c1c(Cl)cncc1Cl. The standard InChI is InChI=1S/C19H29Cl2N2OS/c1-5-25(6-2)24-17(18-15(20)9-22-10-16(18)21)11-23-12-7-13-14(8-12)19(13,3)4/h9-10,12-14,17,23H,5-8,11H2,1-4H3/q+1/t12?,13-,14+,17?. The minimum Gasteiger partial charge on any atom is -0.311 e. The smallest absolute Gasteiger partial charge is 0.154 e. The Bertz CT molecular complexity index is 575. The van der Waals surface area contributed by atoms with Gasteiger partial charge in [-0.15, -0.1) is 0 Å². The zero-order chi connectivity index (χ0) is 18.2. The molecule has 2 unspecified atom stereocenters. The van der Waals surface area contributed by atoms with E-state index in [4.69, 9.17) is 27.4 Å². The highest BCUT2D eigenvalue weighted by atomic mass is 35.5. The lowest BCUT2D eigenvalue weighted by Crippen LogP contribution is -2.34. The average molecular weight is 404 g/mol. The molecule has 0 spiro atoms. The largest absolute Gasteiger partial charge is 0.311 e. The third kappa shape index (κ3) is 4.14. The number of aromatic nitrogens is 1. The summed E-state index contributed by atoms with van der Waals surface area (Å²) in [4.78, 5) is 4.08. The molecule has 1 aromatic rings. The highest BCUT2D eigenvalue weighted by Crippen LogP contribution is 2.66. The topological polar surface area (TPSA) is 34.1 Å². The van der Waals surface area contributed by atoms with Gasteiger partial charge in [0.05, 0.1) is 10.0 Å². The number of hydrogen-bond acceptors (Lipinski definition) is 3. The zero-order valence-electron chi connectivity index (χ0n) is 15.5. The first-order valence-corrected chi connectivity index (χ1v) is 11.5. The second kappa shape index (κ2) is 7.93. The first-order chi connectivity index (χ1) is 11.9. The number of rotatable bonds is 8. The summed E-state index contributed by atoms with van der Waals surface area (Å²) >= 11 is 12.7. The molecule has 0 radical (unpaired) electrons. The number of pyridine rings is 1. The number of halogens is 2. The van der Waals surface area contributed by atoms with Gasteiger partial charge in [-0.2, -0.15) is 4.18 Å². The van der Waals surface area contributed by atoms with Crippen LogP contribution in [0.2, 0.25) is 10.0 Å². The van der Waals surface area contributed by atoms with Crippen LogP contribution in [0.15, 0.2) is 12.4 Å². The maximum Gasteiger partial charge on any atom is 0.154 e.